The number of amidine groups is 2. The molecule has 0 spiro atoms. The summed E-state index contributed by atoms with van der Waals surface area (Å²) in [5.74, 6) is 2.69. The highest BCUT2D eigenvalue weighted by molar-refractivity contribution is 6.40. The van der Waals surface area contributed by atoms with Gasteiger partial charge < -0.3 is 53.4 Å². The predicted octanol–water partition coefficient (Wildman–Crippen LogP) is 7.90. The summed E-state index contributed by atoms with van der Waals surface area (Å²) in [6.07, 6.45) is 2.22. The predicted molar refractivity (Wildman–Crippen MR) is 312 cm³/mol. The lowest BCUT2D eigenvalue weighted by Crippen LogP contribution is -3.00. The van der Waals surface area contributed by atoms with Gasteiger partial charge in [0.1, 0.15) is 36.5 Å². The van der Waals surface area contributed by atoms with Crippen LogP contribution in [0.4, 0.5) is 11.4 Å². The first-order valence-corrected chi connectivity index (χ1v) is 27.0. The van der Waals surface area contributed by atoms with Gasteiger partial charge >= 0.3 is 0 Å². The molecule has 2 saturated heterocycles. The van der Waals surface area contributed by atoms with E-state index in [1.807, 2.05) is 0 Å². The molecule has 4 heterocycles. The zero-order valence-corrected chi connectivity index (χ0v) is 50.4. The molecule has 0 aliphatic carbocycles. The lowest BCUT2D eigenvalue weighted by Gasteiger charge is -2.29. The Morgan fingerprint density at radius 1 is 0.408 bits per heavy atom. The van der Waals surface area contributed by atoms with Crippen LogP contribution >= 0.6 is 23.2 Å². The molecule has 8 aromatic carbocycles. The highest BCUT2D eigenvalue weighted by atomic mass is 127. The van der Waals surface area contributed by atoms with Gasteiger partial charge in [-0.2, -0.15) is 0 Å². The number of alkyl halides is 2. The molecular formula is C67H70Cl2I2N4O. The molecule has 392 valence electrons. The number of rotatable bonds is 8. The summed E-state index contributed by atoms with van der Waals surface area (Å²) in [5.41, 5.74) is 19.1. The van der Waals surface area contributed by atoms with Crippen LogP contribution in [0, 0.1) is 41.5 Å². The monoisotopic (exact) mass is 1270 g/mol. The number of anilines is 2. The number of nitrogens with zero attached hydrogens (tertiary/aromatic N) is 4. The summed E-state index contributed by atoms with van der Waals surface area (Å²) in [5, 5.41) is 0.194. The van der Waals surface area contributed by atoms with Gasteiger partial charge in [-0.15, -0.1) is 23.2 Å². The van der Waals surface area contributed by atoms with E-state index in [0.717, 1.165) is 39.0 Å². The molecule has 0 unspecified atom stereocenters. The van der Waals surface area contributed by atoms with Gasteiger partial charge in [-0.1, -0.05) is 193 Å². The second-order valence-electron chi connectivity index (χ2n) is 20.8. The number of hydrogen-bond donors (Lipinski definition) is 0. The van der Waals surface area contributed by atoms with Crippen LogP contribution in [0.25, 0.3) is 0 Å². The van der Waals surface area contributed by atoms with E-state index in [4.69, 9.17) is 23.2 Å². The van der Waals surface area contributed by atoms with Gasteiger partial charge in [0, 0.05) is 12.8 Å². The van der Waals surface area contributed by atoms with Crippen molar-refractivity contribution in [2.75, 3.05) is 41.3 Å². The molecule has 76 heavy (non-hydrogen) atoms. The van der Waals surface area contributed by atoms with Gasteiger partial charge in [-0.05, 0) is 110 Å². The Morgan fingerprint density at radius 3 is 0.895 bits per heavy atom. The summed E-state index contributed by atoms with van der Waals surface area (Å²) in [4.78, 5) is 5.20. The minimum atomic E-state index is -0.0172. The highest BCUT2D eigenvalue weighted by Crippen LogP contribution is 2.47. The van der Waals surface area contributed by atoms with Crippen LogP contribution in [0.5, 0.6) is 0 Å². The lowest BCUT2D eigenvalue weighted by atomic mass is 9.73. The molecule has 0 radical (unpaired) electrons. The van der Waals surface area contributed by atoms with E-state index in [9.17, 15) is 0 Å². The number of fused-ring (bicyclic) bond motifs is 2. The van der Waals surface area contributed by atoms with E-state index in [2.05, 4.69) is 267 Å². The zero-order chi connectivity index (χ0) is 50.7. The van der Waals surface area contributed by atoms with Crippen LogP contribution in [-0.2, 0) is 10.8 Å². The second kappa shape index (κ2) is 25.4. The first-order chi connectivity index (χ1) is 35.5. The van der Waals surface area contributed by atoms with E-state index < -0.39 is 0 Å². The van der Waals surface area contributed by atoms with Crippen LogP contribution in [0.2, 0.25) is 0 Å². The minimum Gasteiger partial charge on any atom is -1.00 e. The lowest BCUT2D eigenvalue weighted by molar-refractivity contribution is -0.535. The molecule has 2 atom stereocenters. The molecule has 2 fully saturated rings. The van der Waals surface area contributed by atoms with Crippen LogP contribution in [0.15, 0.2) is 206 Å². The molecule has 0 aromatic heterocycles. The van der Waals surface area contributed by atoms with Crippen LogP contribution in [0.3, 0.4) is 0 Å². The van der Waals surface area contributed by atoms with Crippen LogP contribution in [0.1, 0.15) is 79.6 Å². The average molecular weight is 1270 g/mol. The third kappa shape index (κ3) is 11.3. The zero-order valence-electron chi connectivity index (χ0n) is 44.5. The molecule has 8 aromatic rings. The SMILES string of the molecule is Cc1cc(C)c(N2C[C@H]3CC(c4ccccc4)(c4ccccc4)C[N+]3=C2c2ccccc2)c(C)c1.Cc1cc(C)c(N2C[C@H]3CC(c4ccccc4)(c4ccccc4)C[N+]3=C2c2ccccc2)c(C)c1.ClCCl.O.[I-].[I-]. The third-order valence-corrected chi connectivity index (χ3v) is 16.0. The molecule has 12 rings (SSSR count). The maximum Gasteiger partial charge on any atom is 0.284 e. The summed E-state index contributed by atoms with van der Waals surface area (Å²) in [6.45, 7) is 17.4. The molecule has 0 bridgehead atoms. The quantitative estimate of drug-likeness (QED) is 0.0884. The van der Waals surface area contributed by atoms with E-state index in [-0.39, 0.29) is 69.6 Å². The Kier molecular flexibility index (Phi) is 19.5. The van der Waals surface area contributed by atoms with Crippen LogP contribution in [-0.4, -0.2) is 69.9 Å². The Balaban J connectivity index is 0.000000203. The number of hydrogen-bond acceptors (Lipinski definition) is 2. The Hall–Kier alpha value is -5.30. The summed E-state index contributed by atoms with van der Waals surface area (Å²) in [7, 11) is 0. The van der Waals surface area contributed by atoms with Crippen molar-refractivity contribution in [2.45, 2.75) is 77.3 Å². The van der Waals surface area contributed by atoms with Gasteiger partial charge in [-0.3, -0.25) is 9.15 Å². The Bertz CT molecular complexity index is 2920. The van der Waals surface area contributed by atoms with Crippen molar-refractivity contribution in [3.8, 4) is 0 Å². The maximum absolute atomic E-state index is 4.76. The standard InChI is InChI=1S/2C33H33N2.CH2Cl2.2HI.H2O/c2*1-24-19-25(2)31(26(3)20-24)34-22-30-21-33(28-15-9-5-10-16-28,29-17-11-6-12-18-29)23-35(30)32(34)27-13-7-4-8-14-27;2-1-3;;;/h2*4-20,30H,21-23H2,1-3H3;1H2;2*1H;1H2/q2*+1;;;;/p-2/t2*30-;;;;/m11..../s1. The van der Waals surface area contributed by atoms with Gasteiger partial charge in [-0.25, -0.2) is 9.80 Å². The van der Waals surface area contributed by atoms with Crippen molar-refractivity contribution >= 4 is 46.2 Å². The van der Waals surface area contributed by atoms with E-state index >= 15 is 0 Å². The molecule has 2 N–H and O–H groups in total. The van der Waals surface area contributed by atoms with Crippen molar-refractivity contribution in [3.05, 3.63) is 273 Å². The van der Waals surface area contributed by atoms with Gasteiger partial charge in [0.15, 0.2) is 0 Å². The Morgan fingerprint density at radius 2 is 0.645 bits per heavy atom. The van der Waals surface area contributed by atoms with Gasteiger partial charge in [0.25, 0.3) is 11.7 Å². The number of halogens is 4. The van der Waals surface area contributed by atoms with Gasteiger partial charge in [0.2, 0.25) is 0 Å². The highest BCUT2D eigenvalue weighted by Gasteiger charge is 2.56. The minimum absolute atomic E-state index is 0. The van der Waals surface area contributed by atoms with E-state index in [1.165, 1.54) is 89.8 Å². The fourth-order valence-electron chi connectivity index (χ4n) is 13.3. The Labute approximate surface area is 496 Å². The number of aryl methyl sites for hydroxylation is 6. The van der Waals surface area contributed by atoms with Crippen LogP contribution < -0.4 is 57.8 Å². The molecular weight excluding hydrogens is 1200 g/mol. The summed E-state index contributed by atoms with van der Waals surface area (Å²) in [6, 6.07) is 76.8. The van der Waals surface area contributed by atoms with E-state index in [0.29, 0.717) is 12.1 Å². The van der Waals surface area contributed by atoms with Crippen molar-refractivity contribution in [1.29, 1.82) is 0 Å². The van der Waals surface area contributed by atoms with Crippen molar-refractivity contribution < 1.29 is 62.6 Å². The topological polar surface area (TPSA) is 44.0 Å². The largest absolute Gasteiger partial charge is 1.00 e. The average Bonchev–Trinajstić information content (AvgIpc) is 4.16. The van der Waals surface area contributed by atoms with Gasteiger partial charge in [0.05, 0.1) is 40.4 Å². The van der Waals surface area contributed by atoms with Crippen molar-refractivity contribution in [2.24, 2.45) is 0 Å². The fourth-order valence-corrected chi connectivity index (χ4v) is 13.3. The van der Waals surface area contributed by atoms with E-state index in [1.54, 1.807) is 0 Å². The first kappa shape index (κ1) is 58.4. The molecule has 9 heteroatoms. The third-order valence-electron chi connectivity index (χ3n) is 16.0. The number of benzene rings is 8. The molecule has 4 aliphatic rings. The molecule has 0 saturated carbocycles. The second-order valence-corrected chi connectivity index (χ2v) is 21.6. The molecule has 5 nitrogen and oxygen atoms in total. The van der Waals surface area contributed by atoms with Crippen molar-refractivity contribution in [3.63, 3.8) is 0 Å². The maximum atomic E-state index is 4.76. The summed E-state index contributed by atoms with van der Waals surface area (Å²) >= 11 is 9.53. The van der Waals surface area contributed by atoms with Crippen molar-refractivity contribution in [1.82, 2.24) is 0 Å². The smallest absolute Gasteiger partial charge is 0.284 e. The fraction of sp³-hybridized carbons (Fsp3) is 0.254. The molecule has 0 amide bonds. The molecule has 4 aliphatic heterocycles. The summed E-state index contributed by atoms with van der Waals surface area (Å²) < 4.78 is 5.40. The first-order valence-electron chi connectivity index (χ1n) is 26.0. The normalized spacial score (nSPS) is 17.5.